The minimum Gasteiger partial charge on any atom is -0.494 e. The van der Waals surface area contributed by atoms with Crippen LogP contribution in [0.5, 0.6) is 5.75 Å². The molecule has 128 valence electrons. The summed E-state index contributed by atoms with van der Waals surface area (Å²) in [6.45, 7) is 2.61. The molecule has 0 saturated carbocycles. The first kappa shape index (κ1) is 16.8. The van der Waals surface area contributed by atoms with Crippen molar-refractivity contribution in [2.45, 2.75) is 13.3 Å². The maximum atomic E-state index is 11.9. The molecule has 0 radical (unpaired) electrons. The Morgan fingerprint density at radius 2 is 1.80 bits per heavy atom. The number of nitrogen functional groups attached to an aromatic ring is 1. The summed E-state index contributed by atoms with van der Waals surface area (Å²) in [5, 5.41) is 0. The molecule has 0 aliphatic heterocycles. The standard InChI is InChI=1S/C20H21N3O2/c1-3-25-18-9-5-8-16(12-18)15-7-4-6-14(10-15)11-17-13-19(24)23(2)20(21)22-17/h4-10,12-13H,3,11H2,1-2H3,(H2,21,22). The number of anilines is 1. The van der Waals surface area contributed by atoms with Gasteiger partial charge in [-0.05, 0) is 35.7 Å². The summed E-state index contributed by atoms with van der Waals surface area (Å²) in [4.78, 5) is 16.2. The van der Waals surface area contributed by atoms with Crippen LogP contribution in [0, 0.1) is 0 Å². The van der Waals surface area contributed by atoms with E-state index in [1.807, 2.05) is 37.3 Å². The molecule has 0 amide bonds. The Morgan fingerprint density at radius 1 is 1.08 bits per heavy atom. The second-order valence-electron chi connectivity index (χ2n) is 5.84. The van der Waals surface area contributed by atoms with Gasteiger partial charge in [-0.1, -0.05) is 36.4 Å². The van der Waals surface area contributed by atoms with Crippen LogP contribution in [0.2, 0.25) is 0 Å². The summed E-state index contributed by atoms with van der Waals surface area (Å²) in [7, 11) is 1.61. The number of rotatable bonds is 5. The number of nitrogens with zero attached hydrogens (tertiary/aromatic N) is 2. The van der Waals surface area contributed by atoms with E-state index in [-0.39, 0.29) is 11.5 Å². The zero-order valence-corrected chi connectivity index (χ0v) is 14.4. The van der Waals surface area contributed by atoms with Crippen molar-refractivity contribution in [1.29, 1.82) is 0 Å². The molecule has 0 aliphatic carbocycles. The highest BCUT2D eigenvalue weighted by molar-refractivity contribution is 5.65. The summed E-state index contributed by atoms with van der Waals surface area (Å²) >= 11 is 0. The molecule has 0 saturated heterocycles. The normalized spacial score (nSPS) is 10.6. The molecular formula is C20H21N3O2. The summed E-state index contributed by atoms with van der Waals surface area (Å²) in [6.07, 6.45) is 0.555. The fourth-order valence-electron chi connectivity index (χ4n) is 2.70. The van der Waals surface area contributed by atoms with Crippen LogP contribution in [-0.4, -0.2) is 16.2 Å². The average molecular weight is 335 g/mol. The third kappa shape index (κ3) is 3.88. The first-order valence-corrected chi connectivity index (χ1v) is 8.21. The van der Waals surface area contributed by atoms with E-state index in [4.69, 9.17) is 10.5 Å². The Balaban J connectivity index is 1.89. The van der Waals surface area contributed by atoms with Gasteiger partial charge in [0.25, 0.3) is 5.56 Å². The molecule has 25 heavy (non-hydrogen) atoms. The summed E-state index contributed by atoms with van der Waals surface area (Å²) < 4.78 is 6.90. The average Bonchev–Trinajstić information content (AvgIpc) is 2.60. The number of nitrogens with two attached hydrogens (primary N) is 1. The highest BCUT2D eigenvalue weighted by Gasteiger charge is 2.06. The number of ether oxygens (including phenoxy) is 1. The van der Waals surface area contributed by atoms with E-state index in [0.29, 0.717) is 18.7 Å². The molecule has 0 fully saturated rings. The molecule has 5 nitrogen and oxygen atoms in total. The van der Waals surface area contributed by atoms with E-state index in [2.05, 4.69) is 23.2 Å². The molecule has 0 atom stereocenters. The molecule has 5 heteroatoms. The van der Waals surface area contributed by atoms with Crippen LogP contribution >= 0.6 is 0 Å². The van der Waals surface area contributed by atoms with Crippen molar-refractivity contribution in [2.24, 2.45) is 7.05 Å². The Labute approximate surface area is 146 Å². The first-order valence-electron chi connectivity index (χ1n) is 8.21. The predicted octanol–water partition coefficient (Wildman–Crippen LogP) is 3.02. The van der Waals surface area contributed by atoms with Gasteiger partial charge in [0.15, 0.2) is 0 Å². The third-order valence-corrected chi connectivity index (χ3v) is 4.01. The van der Waals surface area contributed by atoms with Gasteiger partial charge in [0.2, 0.25) is 5.95 Å². The molecule has 3 rings (SSSR count). The van der Waals surface area contributed by atoms with Crippen LogP contribution in [-0.2, 0) is 13.5 Å². The van der Waals surface area contributed by atoms with E-state index in [1.165, 1.54) is 10.6 Å². The van der Waals surface area contributed by atoms with Gasteiger partial charge >= 0.3 is 0 Å². The number of aromatic nitrogens is 2. The second-order valence-corrected chi connectivity index (χ2v) is 5.84. The third-order valence-electron chi connectivity index (χ3n) is 4.01. The van der Waals surface area contributed by atoms with Crippen LogP contribution in [0.25, 0.3) is 11.1 Å². The minimum atomic E-state index is -0.150. The van der Waals surface area contributed by atoms with Crippen molar-refractivity contribution >= 4 is 5.95 Å². The van der Waals surface area contributed by atoms with E-state index in [0.717, 1.165) is 22.4 Å². The van der Waals surface area contributed by atoms with Crippen molar-refractivity contribution in [1.82, 2.24) is 9.55 Å². The fourth-order valence-corrected chi connectivity index (χ4v) is 2.70. The van der Waals surface area contributed by atoms with Crippen molar-refractivity contribution in [3.63, 3.8) is 0 Å². The zero-order valence-electron chi connectivity index (χ0n) is 14.4. The minimum absolute atomic E-state index is 0.150. The van der Waals surface area contributed by atoms with Crippen LogP contribution in [0.15, 0.2) is 59.4 Å². The molecule has 2 aromatic carbocycles. The van der Waals surface area contributed by atoms with Crippen LogP contribution in [0.3, 0.4) is 0 Å². The Hall–Kier alpha value is -3.08. The second kappa shape index (κ2) is 7.21. The molecule has 0 aliphatic rings. The van der Waals surface area contributed by atoms with Crippen molar-refractivity contribution in [3.05, 3.63) is 76.2 Å². The predicted molar refractivity (Wildman–Crippen MR) is 99.7 cm³/mol. The lowest BCUT2D eigenvalue weighted by Crippen LogP contribution is -2.21. The van der Waals surface area contributed by atoms with Gasteiger partial charge in [0.1, 0.15) is 5.75 Å². The van der Waals surface area contributed by atoms with Gasteiger partial charge in [-0.2, -0.15) is 0 Å². The van der Waals surface area contributed by atoms with Crippen LogP contribution in [0.1, 0.15) is 18.2 Å². The molecule has 1 aromatic heterocycles. The molecule has 0 spiro atoms. The number of hydrogen-bond acceptors (Lipinski definition) is 4. The highest BCUT2D eigenvalue weighted by Crippen LogP contribution is 2.25. The number of hydrogen-bond donors (Lipinski definition) is 1. The maximum Gasteiger partial charge on any atom is 0.254 e. The maximum absolute atomic E-state index is 11.9. The largest absolute Gasteiger partial charge is 0.494 e. The van der Waals surface area contributed by atoms with E-state index in [1.54, 1.807) is 7.05 Å². The number of benzene rings is 2. The molecule has 3 aromatic rings. The molecule has 1 heterocycles. The monoisotopic (exact) mass is 335 g/mol. The van der Waals surface area contributed by atoms with Gasteiger partial charge in [-0.15, -0.1) is 0 Å². The lowest BCUT2D eigenvalue weighted by molar-refractivity contribution is 0.340. The quantitative estimate of drug-likeness (QED) is 0.778. The molecule has 0 unspecified atom stereocenters. The summed E-state index contributed by atoms with van der Waals surface area (Å²) in [5.74, 6) is 1.08. The zero-order chi connectivity index (χ0) is 17.8. The fraction of sp³-hybridized carbons (Fsp3) is 0.200. The first-order chi connectivity index (χ1) is 12.1. The van der Waals surface area contributed by atoms with Crippen LogP contribution in [0.4, 0.5) is 5.95 Å². The Morgan fingerprint density at radius 3 is 2.52 bits per heavy atom. The van der Waals surface area contributed by atoms with Gasteiger partial charge in [0, 0.05) is 19.5 Å². The van der Waals surface area contributed by atoms with Gasteiger partial charge in [-0.25, -0.2) is 4.98 Å². The molecular weight excluding hydrogens is 314 g/mol. The molecule has 2 N–H and O–H groups in total. The van der Waals surface area contributed by atoms with Crippen molar-refractivity contribution in [2.75, 3.05) is 12.3 Å². The van der Waals surface area contributed by atoms with E-state index >= 15 is 0 Å². The van der Waals surface area contributed by atoms with Crippen LogP contribution < -0.4 is 16.0 Å². The SMILES string of the molecule is CCOc1cccc(-c2cccc(Cc3cc(=O)n(C)c(N)n3)c2)c1. The lowest BCUT2D eigenvalue weighted by atomic mass is 10.0. The smallest absolute Gasteiger partial charge is 0.254 e. The van der Waals surface area contributed by atoms with Gasteiger partial charge < -0.3 is 10.5 Å². The van der Waals surface area contributed by atoms with Gasteiger partial charge in [0.05, 0.1) is 12.3 Å². The van der Waals surface area contributed by atoms with E-state index in [9.17, 15) is 4.79 Å². The topological polar surface area (TPSA) is 70.1 Å². The highest BCUT2D eigenvalue weighted by atomic mass is 16.5. The Bertz CT molecular complexity index is 948. The Kier molecular flexibility index (Phi) is 4.84. The van der Waals surface area contributed by atoms with E-state index < -0.39 is 0 Å². The lowest BCUT2D eigenvalue weighted by Gasteiger charge is -2.09. The summed E-state index contributed by atoms with van der Waals surface area (Å²) in [5.41, 5.74) is 9.55. The van der Waals surface area contributed by atoms with Gasteiger partial charge in [-0.3, -0.25) is 9.36 Å². The van der Waals surface area contributed by atoms with Crippen molar-refractivity contribution < 1.29 is 4.74 Å². The molecule has 0 bridgehead atoms. The summed E-state index contributed by atoms with van der Waals surface area (Å²) in [6, 6.07) is 17.7. The van der Waals surface area contributed by atoms with Crippen molar-refractivity contribution in [3.8, 4) is 16.9 Å².